The van der Waals surface area contributed by atoms with Crippen LogP contribution < -0.4 is 4.74 Å². The molecule has 0 aliphatic heterocycles. The summed E-state index contributed by atoms with van der Waals surface area (Å²) < 4.78 is 5.14. The molecule has 0 aromatic carbocycles. The highest BCUT2D eigenvalue weighted by molar-refractivity contribution is 5.70. The van der Waals surface area contributed by atoms with Crippen LogP contribution in [0.15, 0.2) is 0 Å². The first-order valence-corrected chi connectivity index (χ1v) is 10.7. The Kier molecular flexibility index (Phi) is 10.6. The topological polar surface area (TPSA) is 113 Å². The van der Waals surface area contributed by atoms with Gasteiger partial charge in [0.2, 0.25) is 0 Å². The first-order valence-electron chi connectivity index (χ1n) is 10.7. The number of aryl methyl sites for hydroxylation is 4. The van der Waals surface area contributed by atoms with Crippen LogP contribution in [-0.2, 0) is 30.8 Å². The van der Waals surface area contributed by atoms with Gasteiger partial charge >= 0.3 is 5.97 Å². The molecule has 7 nitrogen and oxygen atoms in total. The highest BCUT2D eigenvalue weighted by Gasteiger charge is 2.16. The molecule has 7 heteroatoms. The number of aromatic nitrogens is 2. The zero-order valence-corrected chi connectivity index (χ0v) is 19.8. The van der Waals surface area contributed by atoms with Crippen molar-refractivity contribution in [3.8, 4) is 11.5 Å². The standard InChI is InChI=1S/C13H19NO3.C11H17NO2/c1-5-6-12-11(7-15)8(2)13(9(3)14-12)17-10(4)16;1-4-5-10-9(6-13)7(2)11(14)8(3)12-10/h15H,5-7H2,1-4H3;13-14H,4-6H2,1-3H3. The van der Waals surface area contributed by atoms with Crippen LogP contribution in [0.4, 0.5) is 0 Å². The first kappa shape index (κ1) is 26.5. The Labute approximate surface area is 185 Å². The summed E-state index contributed by atoms with van der Waals surface area (Å²) >= 11 is 0. The predicted molar refractivity (Wildman–Crippen MR) is 120 cm³/mol. The second-order valence-electron chi connectivity index (χ2n) is 7.58. The van der Waals surface area contributed by atoms with Crippen molar-refractivity contribution in [3.05, 3.63) is 45.0 Å². The molecule has 0 amide bonds. The third-order valence-electron chi connectivity index (χ3n) is 5.11. The number of esters is 1. The molecule has 0 aliphatic rings. The predicted octanol–water partition coefficient (Wildman–Crippen LogP) is 3.92. The quantitative estimate of drug-likeness (QED) is 0.568. The van der Waals surface area contributed by atoms with Gasteiger partial charge in [0.15, 0.2) is 5.75 Å². The number of aliphatic hydroxyl groups is 2. The summed E-state index contributed by atoms with van der Waals surface area (Å²) in [6, 6.07) is 0. The van der Waals surface area contributed by atoms with Crippen molar-refractivity contribution in [2.75, 3.05) is 0 Å². The van der Waals surface area contributed by atoms with E-state index < -0.39 is 0 Å². The lowest BCUT2D eigenvalue weighted by molar-refractivity contribution is -0.132. The number of aromatic hydroxyl groups is 1. The average molecular weight is 433 g/mol. The van der Waals surface area contributed by atoms with Gasteiger partial charge in [0.1, 0.15) is 5.75 Å². The van der Waals surface area contributed by atoms with Gasteiger partial charge in [-0.1, -0.05) is 26.7 Å². The second-order valence-corrected chi connectivity index (χ2v) is 7.58. The molecule has 2 heterocycles. The Morgan fingerprint density at radius 1 is 0.839 bits per heavy atom. The van der Waals surface area contributed by atoms with E-state index in [1.807, 2.05) is 20.8 Å². The molecule has 3 N–H and O–H groups in total. The highest BCUT2D eigenvalue weighted by Crippen LogP contribution is 2.28. The molecule has 2 aromatic heterocycles. The van der Waals surface area contributed by atoms with Gasteiger partial charge in [0, 0.05) is 35.0 Å². The summed E-state index contributed by atoms with van der Waals surface area (Å²) in [5, 5.41) is 28.2. The summed E-state index contributed by atoms with van der Waals surface area (Å²) in [6.45, 7) is 12.6. The molecule has 172 valence electrons. The van der Waals surface area contributed by atoms with Gasteiger partial charge < -0.3 is 20.1 Å². The Balaban J connectivity index is 0.000000316. The molecule has 0 bridgehead atoms. The molecule has 2 rings (SSSR count). The van der Waals surface area contributed by atoms with E-state index >= 15 is 0 Å². The van der Waals surface area contributed by atoms with E-state index in [0.29, 0.717) is 17.1 Å². The molecule has 2 aromatic rings. The summed E-state index contributed by atoms with van der Waals surface area (Å²) in [6.07, 6.45) is 3.62. The van der Waals surface area contributed by atoms with Crippen LogP contribution in [0, 0.1) is 27.7 Å². The van der Waals surface area contributed by atoms with Crippen LogP contribution in [-0.4, -0.2) is 31.3 Å². The molecule has 0 atom stereocenters. The van der Waals surface area contributed by atoms with Crippen molar-refractivity contribution in [3.63, 3.8) is 0 Å². The average Bonchev–Trinajstić information content (AvgIpc) is 2.71. The largest absolute Gasteiger partial charge is 0.506 e. The maximum absolute atomic E-state index is 11.0. The van der Waals surface area contributed by atoms with Gasteiger partial charge in [-0.25, -0.2) is 0 Å². The Hall–Kier alpha value is -2.51. The van der Waals surface area contributed by atoms with Gasteiger partial charge in [-0.3, -0.25) is 14.8 Å². The number of rotatable bonds is 7. The van der Waals surface area contributed by atoms with Crippen molar-refractivity contribution < 1.29 is 24.9 Å². The minimum atomic E-state index is -0.370. The number of aliphatic hydroxyl groups excluding tert-OH is 2. The van der Waals surface area contributed by atoms with E-state index in [1.165, 1.54) is 6.92 Å². The van der Waals surface area contributed by atoms with Crippen molar-refractivity contribution in [1.29, 1.82) is 0 Å². The molecule has 0 radical (unpaired) electrons. The maximum Gasteiger partial charge on any atom is 0.308 e. The van der Waals surface area contributed by atoms with E-state index in [1.54, 1.807) is 6.92 Å². The number of hydrogen-bond acceptors (Lipinski definition) is 7. The summed E-state index contributed by atoms with van der Waals surface area (Å²) in [5.41, 5.74) is 6.23. The van der Waals surface area contributed by atoms with Gasteiger partial charge in [0.05, 0.1) is 24.6 Å². The third-order valence-corrected chi connectivity index (χ3v) is 5.11. The lowest BCUT2D eigenvalue weighted by Crippen LogP contribution is -2.10. The number of hydrogen-bond donors (Lipinski definition) is 3. The van der Waals surface area contributed by atoms with Gasteiger partial charge in [0.25, 0.3) is 0 Å². The molecule has 0 saturated carbocycles. The molecule has 0 aliphatic carbocycles. The van der Waals surface area contributed by atoms with Crippen LogP contribution in [0.25, 0.3) is 0 Å². The third kappa shape index (κ3) is 6.74. The van der Waals surface area contributed by atoms with Crippen LogP contribution >= 0.6 is 0 Å². The minimum absolute atomic E-state index is 0.0536. The first-order chi connectivity index (χ1) is 14.6. The fourth-order valence-electron chi connectivity index (χ4n) is 3.50. The molecule has 0 unspecified atom stereocenters. The molecular weight excluding hydrogens is 396 g/mol. The zero-order valence-electron chi connectivity index (χ0n) is 19.8. The van der Waals surface area contributed by atoms with Gasteiger partial charge in [-0.2, -0.15) is 0 Å². The Morgan fingerprint density at radius 2 is 1.29 bits per heavy atom. The van der Waals surface area contributed by atoms with E-state index in [-0.39, 0.29) is 24.9 Å². The lowest BCUT2D eigenvalue weighted by atomic mass is 10.0. The summed E-state index contributed by atoms with van der Waals surface area (Å²) in [4.78, 5) is 19.7. The van der Waals surface area contributed by atoms with Crippen molar-refractivity contribution in [1.82, 2.24) is 9.97 Å². The molecule has 0 fully saturated rings. The molecule has 0 saturated heterocycles. The van der Waals surface area contributed by atoms with E-state index in [9.17, 15) is 20.1 Å². The minimum Gasteiger partial charge on any atom is -0.506 e. The highest BCUT2D eigenvalue weighted by atomic mass is 16.5. The van der Waals surface area contributed by atoms with Gasteiger partial charge in [-0.15, -0.1) is 0 Å². The van der Waals surface area contributed by atoms with Crippen LogP contribution in [0.2, 0.25) is 0 Å². The number of pyridine rings is 2. The smallest absolute Gasteiger partial charge is 0.308 e. The molecule has 0 spiro atoms. The Morgan fingerprint density at radius 3 is 1.71 bits per heavy atom. The second kappa shape index (κ2) is 12.4. The Bertz CT molecular complexity index is 910. The van der Waals surface area contributed by atoms with Crippen LogP contribution in [0.3, 0.4) is 0 Å². The molecule has 31 heavy (non-hydrogen) atoms. The number of carbonyl (C=O) groups is 1. The monoisotopic (exact) mass is 432 g/mol. The van der Waals surface area contributed by atoms with Crippen LogP contribution in [0.5, 0.6) is 11.5 Å². The summed E-state index contributed by atoms with van der Waals surface area (Å²) in [7, 11) is 0. The lowest BCUT2D eigenvalue weighted by Gasteiger charge is -2.15. The fraction of sp³-hybridized carbons (Fsp3) is 0.542. The zero-order chi connectivity index (χ0) is 23.7. The van der Waals surface area contributed by atoms with E-state index in [0.717, 1.165) is 59.3 Å². The van der Waals surface area contributed by atoms with Crippen LogP contribution in [0.1, 0.15) is 78.6 Å². The van der Waals surface area contributed by atoms with Gasteiger partial charge in [-0.05, 0) is 46.1 Å². The SMILES string of the molecule is CCCc1nc(C)c(O)c(C)c1CO.CCCc1nc(C)c(OC(C)=O)c(C)c1CO. The van der Waals surface area contributed by atoms with E-state index in [2.05, 4.69) is 23.8 Å². The summed E-state index contributed by atoms with van der Waals surface area (Å²) in [5.74, 6) is 0.306. The number of ether oxygens (including phenoxy) is 1. The normalized spacial score (nSPS) is 10.5. The fourth-order valence-corrected chi connectivity index (χ4v) is 3.50. The van der Waals surface area contributed by atoms with E-state index in [4.69, 9.17) is 4.74 Å². The van der Waals surface area contributed by atoms with Crippen molar-refractivity contribution in [2.24, 2.45) is 0 Å². The maximum atomic E-state index is 11.0. The number of nitrogens with zero attached hydrogens (tertiary/aromatic N) is 2. The van der Waals surface area contributed by atoms with Crippen molar-refractivity contribution in [2.45, 2.75) is 87.4 Å². The van der Waals surface area contributed by atoms with Crippen molar-refractivity contribution >= 4 is 5.97 Å². The molecular formula is C24H36N2O5. The number of carbonyl (C=O) groups excluding carboxylic acids is 1.